The first-order chi connectivity index (χ1) is 12.5. The Morgan fingerprint density at radius 3 is 2.65 bits per heavy atom. The summed E-state index contributed by atoms with van der Waals surface area (Å²) < 4.78 is 0. The van der Waals surface area contributed by atoms with Crippen LogP contribution in [0.5, 0.6) is 0 Å². The number of hydrogen-bond acceptors (Lipinski definition) is 6. The summed E-state index contributed by atoms with van der Waals surface area (Å²) in [6, 6.07) is 2.97. The molecule has 2 aromatic rings. The van der Waals surface area contributed by atoms with Gasteiger partial charge >= 0.3 is 5.00 Å². The number of fused-ring (bicyclic) bond motifs is 1. The summed E-state index contributed by atoms with van der Waals surface area (Å²) in [5, 5.41) is 13.9. The van der Waals surface area contributed by atoms with E-state index in [4.69, 9.17) is 5.73 Å². The van der Waals surface area contributed by atoms with Gasteiger partial charge in [0.05, 0.1) is 10.5 Å². The van der Waals surface area contributed by atoms with Crippen LogP contribution in [0.15, 0.2) is 18.2 Å². The van der Waals surface area contributed by atoms with E-state index in [1.165, 1.54) is 29.6 Å². The van der Waals surface area contributed by atoms with E-state index in [2.05, 4.69) is 5.32 Å². The van der Waals surface area contributed by atoms with Gasteiger partial charge in [-0.25, -0.2) is 0 Å². The Kier molecular flexibility index (Phi) is 5.48. The molecule has 0 aliphatic heterocycles. The fourth-order valence-corrected chi connectivity index (χ4v) is 4.95. The smallest absolute Gasteiger partial charge is 0.324 e. The highest BCUT2D eigenvalue weighted by molar-refractivity contribution is 7.17. The van der Waals surface area contributed by atoms with Crippen LogP contribution in [-0.4, -0.2) is 16.7 Å². The molecule has 3 N–H and O–H groups in total. The Morgan fingerprint density at radius 1 is 1.19 bits per heavy atom. The molecule has 7 nitrogen and oxygen atoms in total. The molecule has 0 saturated heterocycles. The van der Waals surface area contributed by atoms with Gasteiger partial charge in [-0.3, -0.25) is 19.7 Å². The quantitative estimate of drug-likeness (QED) is 0.349. The minimum Gasteiger partial charge on any atom is -0.365 e. The molecule has 1 aliphatic carbocycles. The molecule has 0 saturated carbocycles. The highest BCUT2D eigenvalue weighted by atomic mass is 32.1. The van der Waals surface area contributed by atoms with E-state index < -0.39 is 16.7 Å². The number of nitrogens with one attached hydrogen (secondary N) is 1. The average Bonchev–Trinajstić information content (AvgIpc) is 3.12. The van der Waals surface area contributed by atoms with Gasteiger partial charge in [0, 0.05) is 21.9 Å². The zero-order valence-corrected chi connectivity index (χ0v) is 15.5. The van der Waals surface area contributed by atoms with Crippen molar-refractivity contribution in [1.82, 2.24) is 0 Å². The fourth-order valence-electron chi connectivity index (χ4n) is 2.93. The Morgan fingerprint density at radius 2 is 1.96 bits per heavy atom. The van der Waals surface area contributed by atoms with Crippen molar-refractivity contribution in [3.8, 4) is 0 Å². The number of carbonyl (C=O) groups is 2. The lowest BCUT2D eigenvalue weighted by atomic mass is 10.1. The van der Waals surface area contributed by atoms with Crippen LogP contribution in [0, 0.1) is 10.1 Å². The largest absolute Gasteiger partial charge is 0.365 e. The van der Waals surface area contributed by atoms with E-state index >= 15 is 0 Å². The van der Waals surface area contributed by atoms with Crippen LogP contribution in [0.1, 0.15) is 44.9 Å². The van der Waals surface area contributed by atoms with Crippen LogP contribution in [-0.2, 0) is 17.6 Å². The Balaban J connectivity index is 1.77. The number of primary amides is 1. The lowest BCUT2D eigenvalue weighted by Crippen LogP contribution is -2.16. The van der Waals surface area contributed by atoms with Gasteiger partial charge < -0.3 is 11.1 Å². The lowest BCUT2D eigenvalue weighted by Gasteiger charge is -2.04. The first kappa shape index (κ1) is 18.3. The van der Waals surface area contributed by atoms with Gasteiger partial charge in [-0.2, -0.15) is 0 Å². The van der Waals surface area contributed by atoms with E-state index in [1.54, 1.807) is 6.07 Å². The summed E-state index contributed by atoms with van der Waals surface area (Å²) in [6.45, 7) is 0. The van der Waals surface area contributed by atoms with E-state index in [0.29, 0.717) is 15.4 Å². The molecule has 0 unspecified atom stereocenters. The molecule has 1 aliphatic rings. The van der Waals surface area contributed by atoms with Crippen molar-refractivity contribution in [3.05, 3.63) is 49.2 Å². The number of aryl methyl sites for hydroxylation is 1. The number of nitro groups is 1. The van der Waals surface area contributed by atoms with E-state index in [0.717, 1.165) is 53.9 Å². The molecule has 0 radical (unpaired) electrons. The van der Waals surface area contributed by atoms with Gasteiger partial charge in [0.25, 0.3) is 5.91 Å². The molecule has 0 atom stereocenters. The normalized spacial score (nSPS) is 14.0. The summed E-state index contributed by atoms with van der Waals surface area (Å²) in [7, 11) is 0. The number of nitrogens with zero attached hydrogens (tertiary/aromatic N) is 1. The predicted octanol–water partition coefficient (Wildman–Crippen LogP) is 3.74. The molecule has 26 heavy (non-hydrogen) atoms. The Labute approximate surface area is 157 Å². The number of thiophene rings is 2. The van der Waals surface area contributed by atoms with Crippen LogP contribution in [0.25, 0.3) is 6.08 Å². The number of rotatable bonds is 5. The Bertz CT molecular complexity index is 898. The van der Waals surface area contributed by atoms with Crippen molar-refractivity contribution in [2.24, 2.45) is 5.73 Å². The minimum absolute atomic E-state index is 0.0167. The molecule has 0 bridgehead atoms. The molecule has 2 amide bonds. The predicted molar refractivity (Wildman–Crippen MR) is 103 cm³/mol. The third-order valence-corrected chi connectivity index (χ3v) is 6.31. The van der Waals surface area contributed by atoms with Crippen molar-refractivity contribution < 1.29 is 14.5 Å². The van der Waals surface area contributed by atoms with Gasteiger partial charge in [0.1, 0.15) is 5.00 Å². The molecule has 2 aromatic heterocycles. The van der Waals surface area contributed by atoms with Crippen molar-refractivity contribution in [2.75, 3.05) is 5.32 Å². The lowest BCUT2D eigenvalue weighted by molar-refractivity contribution is -0.380. The second-order valence-corrected chi connectivity index (χ2v) is 8.09. The maximum atomic E-state index is 12.2. The minimum atomic E-state index is -0.530. The summed E-state index contributed by atoms with van der Waals surface area (Å²) in [6.07, 6.45) is 7.70. The van der Waals surface area contributed by atoms with Crippen molar-refractivity contribution in [2.45, 2.75) is 32.1 Å². The van der Waals surface area contributed by atoms with Gasteiger partial charge in [0.2, 0.25) is 5.91 Å². The second kappa shape index (κ2) is 7.79. The summed E-state index contributed by atoms with van der Waals surface area (Å²) in [4.78, 5) is 36.0. The van der Waals surface area contributed by atoms with Gasteiger partial charge in [0.15, 0.2) is 0 Å². The summed E-state index contributed by atoms with van der Waals surface area (Å²) in [5.41, 5.74) is 6.93. The number of hydrogen-bond donors (Lipinski definition) is 2. The zero-order valence-electron chi connectivity index (χ0n) is 13.8. The average molecular weight is 391 g/mol. The third kappa shape index (κ3) is 4.00. The van der Waals surface area contributed by atoms with E-state index in [1.807, 2.05) is 0 Å². The maximum Gasteiger partial charge on any atom is 0.324 e. The molecule has 136 valence electrons. The van der Waals surface area contributed by atoms with Crippen LogP contribution >= 0.6 is 22.7 Å². The topological polar surface area (TPSA) is 115 Å². The highest BCUT2D eigenvalue weighted by Crippen LogP contribution is 2.37. The molecule has 0 fully saturated rings. The van der Waals surface area contributed by atoms with Gasteiger partial charge in [-0.1, -0.05) is 17.8 Å². The number of carbonyl (C=O) groups excluding carboxylic acids is 2. The zero-order chi connectivity index (χ0) is 18.7. The van der Waals surface area contributed by atoms with Crippen LogP contribution < -0.4 is 11.1 Å². The van der Waals surface area contributed by atoms with Crippen LogP contribution in [0.2, 0.25) is 0 Å². The van der Waals surface area contributed by atoms with Crippen LogP contribution in [0.4, 0.5) is 10.0 Å². The second-order valence-electron chi connectivity index (χ2n) is 5.89. The fraction of sp³-hybridized carbons (Fsp3) is 0.294. The molecular weight excluding hydrogens is 374 g/mol. The SMILES string of the molecule is NC(=O)c1c(NC(=O)/C=C/c2ccc([N+](=O)[O-])s2)sc2c1CCCCC2. The summed E-state index contributed by atoms with van der Waals surface area (Å²) in [5.74, 6) is -0.933. The standard InChI is InChI=1S/C17H17N3O4S2/c18-16(22)15-11-4-2-1-3-5-12(11)26-17(15)19-13(21)8-6-10-7-9-14(25-10)20(23)24/h6-9H,1-5H2,(H2,18,22)(H,19,21)/b8-6+. The van der Waals surface area contributed by atoms with Crippen LogP contribution in [0.3, 0.4) is 0 Å². The number of anilines is 1. The molecule has 0 spiro atoms. The van der Waals surface area contributed by atoms with Gasteiger partial charge in [-0.05, 0) is 43.4 Å². The third-order valence-electron chi connectivity index (χ3n) is 4.10. The maximum absolute atomic E-state index is 12.2. The highest BCUT2D eigenvalue weighted by Gasteiger charge is 2.23. The molecule has 3 rings (SSSR count). The first-order valence-electron chi connectivity index (χ1n) is 8.13. The first-order valence-corrected chi connectivity index (χ1v) is 9.76. The summed E-state index contributed by atoms with van der Waals surface area (Å²) >= 11 is 2.39. The van der Waals surface area contributed by atoms with E-state index in [-0.39, 0.29) is 5.00 Å². The number of nitrogens with two attached hydrogens (primary N) is 1. The monoisotopic (exact) mass is 391 g/mol. The van der Waals surface area contributed by atoms with Gasteiger partial charge in [-0.15, -0.1) is 11.3 Å². The molecule has 9 heteroatoms. The van der Waals surface area contributed by atoms with Crippen molar-refractivity contribution in [1.29, 1.82) is 0 Å². The molecule has 0 aromatic carbocycles. The van der Waals surface area contributed by atoms with Crippen molar-refractivity contribution >= 4 is 50.6 Å². The molecular formula is C17H17N3O4S2. The van der Waals surface area contributed by atoms with E-state index in [9.17, 15) is 19.7 Å². The Hall–Kier alpha value is -2.52. The van der Waals surface area contributed by atoms with Crippen molar-refractivity contribution in [3.63, 3.8) is 0 Å². The molecule has 2 heterocycles. The number of amides is 2.